The van der Waals surface area contributed by atoms with Crippen LogP contribution in [0.5, 0.6) is 0 Å². The van der Waals surface area contributed by atoms with Crippen LogP contribution in [0.3, 0.4) is 0 Å². The summed E-state index contributed by atoms with van der Waals surface area (Å²) in [6.45, 7) is 3.51. The van der Waals surface area contributed by atoms with Crippen LogP contribution in [0, 0.1) is 0 Å². The summed E-state index contributed by atoms with van der Waals surface area (Å²) in [6.07, 6.45) is 2.53. The van der Waals surface area contributed by atoms with Gasteiger partial charge >= 0.3 is 0 Å². The first-order valence-electron chi connectivity index (χ1n) is 9.08. The summed E-state index contributed by atoms with van der Waals surface area (Å²) >= 11 is 0. The Labute approximate surface area is 158 Å². The van der Waals surface area contributed by atoms with E-state index in [4.69, 9.17) is 0 Å². The Bertz CT molecular complexity index is 1030. The fourth-order valence-corrected chi connectivity index (χ4v) is 3.83. The summed E-state index contributed by atoms with van der Waals surface area (Å²) in [5.41, 5.74) is 3.49. The normalized spacial score (nSPS) is 15.6. The lowest BCUT2D eigenvalue weighted by Crippen LogP contribution is -2.44. The van der Waals surface area contributed by atoms with E-state index in [1.807, 2.05) is 60.4 Å². The van der Waals surface area contributed by atoms with Crippen molar-refractivity contribution in [3.63, 3.8) is 0 Å². The highest BCUT2D eigenvalue weighted by Crippen LogP contribution is 2.32. The molecule has 0 fully saturated rings. The van der Waals surface area contributed by atoms with Gasteiger partial charge in [-0.25, -0.2) is 0 Å². The molecule has 5 heteroatoms. The van der Waals surface area contributed by atoms with E-state index in [1.54, 1.807) is 6.20 Å². The second-order valence-corrected chi connectivity index (χ2v) is 6.90. The molecular formula is C22H21N3O2. The van der Waals surface area contributed by atoms with Gasteiger partial charge in [-0.05, 0) is 37.1 Å². The molecule has 0 bridgehead atoms. The molecule has 0 aliphatic carbocycles. The minimum absolute atomic E-state index is 0.0102. The molecule has 2 aromatic carbocycles. The van der Waals surface area contributed by atoms with Crippen LogP contribution in [0.15, 0.2) is 60.8 Å². The van der Waals surface area contributed by atoms with Crippen LogP contribution < -0.4 is 9.80 Å². The molecule has 0 spiro atoms. The van der Waals surface area contributed by atoms with Crippen LogP contribution in [0.4, 0.5) is 11.4 Å². The fraction of sp³-hybridized carbons (Fsp3) is 0.227. The quantitative estimate of drug-likeness (QED) is 0.718. The van der Waals surface area contributed by atoms with E-state index in [-0.39, 0.29) is 24.4 Å². The first-order valence-corrected chi connectivity index (χ1v) is 9.08. The summed E-state index contributed by atoms with van der Waals surface area (Å²) in [5, 5.41) is 0.939. The Hall–Kier alpha value is -3.21. The SMILES string of the molecule is CC(=O)N(CC(=O)N1c2ccccc2CC1C)c1cccc2cccnc12. The Morgan fingerprint density at radius 2 is 1.89 bits per heavy atom. The predicted molar refractivity (Wildman–Crippen MR) is 107 cm³/mol. The van der Waals surface area contributed by atoms with Crippen LogP contribution in [-0.4, -0.2) is 29.4 Å². The number of anilines is 2. The van der Waals surface area contributed by atoms with E-state index in [9.17, 15) is 9.59 Å². The molecule has 27 heavy (non-hydrogen) atoms. The number of aromatic nitrogens is 1. The van der Waals surface area contributed by atoms with Gasteiger partial charge in [0, 0.05) is 30.2 Å². The zero-order valence-electron chi connectivity index (χ0n) is 15.4. The monoisotopic (exact) mass is 359 g/mol. The maximum Gasteiger partial charge on any atom is 0.247 e. The van der Waals surface area contributed by atoms with Gasteiger partial charge in [0.2, 0.25) is 11.8 Å². The number of para-hydroxylation sites is 2. The average molecular weight is 359 g/mol. The summed E-state index contributed by atoms with van der Waals surface area (Å²) in [7, 11) is 0. The fourth-order valence-electron chi connectivity index (χ4n) is 3.83. The van der Waals surface area contributed by atoms with Gasteiger partial charge in [0.15, 0.2) is 0 Å². The van der Waals surface area contributed by atoms with Gasteiger partial charge in [-0.1, -0.05) is 36.4 Å². The lowest BCUT2D eigenvalue weighted by molar-refractivity contribution is -0.121. The highest BCUT2D eigenvalue weighted by molar-refractivity contribution is 6.07. The molecule has 1 unspecified atom stereocenters. The van der Waals surface area contributed by atoms with Crippen molar-refractivity contribution in [2.24, 2.45) is 0 Å². The van der Waals surface area contributed by atoms with Gasteiger partial charge < -0.3 is 9.80 Å². The lowest BCUT2D eigenvalue weighted by Gasteiger charge is -2.27. The first kappa shape index (κ1) is 17.2. The molecule has 0 saturated carbocycles. The maximum absolute atomic E-state index is 13.2. The molecule has 0 radical (unpaired) electrons. The van der Waals surface area contributed by atoms with Crippen LogP contribution >= 0.6 is 0 Å². The smallest absolute Gasteiger partial charge is 0.247 e. The number of fused-ring (bicyclic) bond motifs is 2. The predicted octanol–water partition coefficient (Wildman–Crippen LogP) is 3.57. The van der Waals surface area contributed by atoms with Gasteiger partial charge in [0.05, 0.1) is 11.2 Å². The van der Waals surface area contributed by atoms with Crippen LogP contribution in [0.25, 0.3) is 10.9 Å². The highest BCUT2D eigenvalue weighted by Gasteiger charge is 2.32. The third-order valence-electron chi connectivity index (χ3n) is 5.05. The summed E-state index contributed by atoms with van der Waals surface area (Å²) in [5.74, 6) is -0.266. The third-order valence-corrected chi connectivity index (χ3v) is 5.05. The van der Waals surface area contributed by atoms with Gasteiger partial charge in [0.25, 0.3) is 0 Å². The third kappa shape index (κ3) is 3.05. The van der Waals surface area contributed by atoms with E-state index < -0.39 is 0 Å². The molecular weight excluding hydrogens is 338 g/mol. The molecule has 2 heterocycles. The second-order valence-electron chi connectivity index (χ2n) is 6.90. The van der Waals surface area contributed by atoms with Crippen molar-refractivity contribution in [2.75, 3.05) is 16.3 Å². The standard InChI is InChI=1S/C22H21N3O2/c1-15-13-18-7-3-4-10-19(18)25(15)21(27)14-24(16(2)26)20-11-5-8-17-9-6-12-23-22(17)20/h3-12,15H,13-14H2,1-2H3. The molecule has 1 atom stereocenters. The number of hydrogen-bond acceptors (Lipinski definition) is 3. The van der Waals surface area contributed by atoms with Crippen molar-refractivity contribution < 1.29 is 9.59 Å². The first-order chi connectivity index (χ1) is 13.1. The van der Waals surface area contributed by atoms with Crippen molar-refractivity contribution in [1.29, 1.82) is 0 Å². The molecule has 5 nitrogen and oxygen atoms in total. The topological polar surface area (TPSA) is 53.5 Å². The number of rotatable bonds is 3. The van der Waals surface area contributed by atoms with Crippen molar-refractivity contribution in [3.05, 3.63) is 66.4 Å². The number of nitrogens with zero attached hydrogens (tertiary/aromatic N) is 3. The van der Waals surface area contributed by atoms with Crippen LogP contribution in [0.1, 0.15) is 19.4 Å². The molecule has 0 saturated heterocycles. The molecule has 136 valence electrons. The summed E-state index contributed by atoms with van der Waals surface area (Å²) in [4.78, 5) is 33.3. The number of amides is 2. The molecule has 2 amide bonds. The van der Waals surface area contributed by atoms with Crippen molar-refractivity contribution in [3.8, 4) is 0 Å². The van der Waals surface area contributed by atoms with E-state index >= 15 is 0 Å². The average Bonchev–Trinajstić information content (AvgIpc) is 3.01. The zero-order chi connectivity index (χ0) is 19.0. The molecule has 1 aromatic heterocycles. The number of pyridine rings is 1. The van der Waals surface area contributed by atoms with Crippen molar-refractivity contribution in [2.45, 2.75) is 26.3 Å². The van der Waals surface area contributed by atoms with Gasteiger partial charge in [-0.3, -0.25) is 14.6 Å². The highest BCUT2D eigenvalue weighted by atomic mass is 16.2. The molecule has 3 aromatic rings. The van der Waals surface area contributed by atoms with Crippen LogP contribution in [-0.2, 0) is 16.0 Å². The minimum Gasteiger partial charge on any atom is -0.307 e. The zero-order valence-corrected chi connectivity index (χ0v) is 15.4. The Morgan fingerprint density at radius 3 is 2.70 bits per heavy atom. The van der Waals surface area contributed by atoms with E-state index in [1.165, 1.54) is 17.4 Å². The van der Waals surface area contributed by atoms with E-state index in [0.29, 0.717) is 5.69 Å². The second kappa shape index (κ2) is 6.83. The Morgan fingerprint density at radius 1 is 1.11 bits per heavy atom. The molecule has 1 aliphatic rings. The number of hydrogen-bond donors (Lipinski definition) is 0. The number of carbonyl (C=O) groups excluding carboxylic acids is 2. The van der Waals surface area contributed by atoms with E-state index in [0.717, 1.165) is 23.0 Å². The Kier molecular flexibility index (Phi) is 4.36. The molecule has 4 rings (SSSR count). The minimum atomic E-state index is -0.179. The molecule has 1 aliphatic heterocycles. The summed E-state index contributed by atoms with van der Waals surface area (Å²) in [6, 6.07) is 17.5. The number of carbonyl (C=O) groups is 2. The van der Waals surface area contributed by atoms with Crippen molar-refractivity contribution in [1.82, 2.24) is 4.98 Å². The van der Waals surface area contributed by atoms with Gasteiger partial charge in [-0.2, -0.15) is 0 Å². The number of benzene rings is 2. The lowest BCUT2D eigenvalue weighted by atomic mass is 10.1. The van der Waals surface area contributed by atoms with Gasteiger partial charge in [-0.15, -0.1) is 0 Å². The van der Waals surface area contributed by atoms with Gasteiger partial charge in [0.1, 0.15) is 6.54 Å². The van der Waals surface area contributed by atoms with Crippen LogP contribution in [0.2, 0.25) is 0 Å². The Balaban J connectivity index is 1.68. The maximum atomic E-state index is 13.2. The molecule has 0 N–H and O–H groups in total. The summed E-state index contributed by atoms with van der Waals surface area (Å²) < 4.78 is 0. The van der Waals surface area contributed by atoms with Crippen molar-refractivity contribution >= 4 is 34.1 Å². The van der Waals surface area contributed by atoms with E-state index in [2.05, 4.69) is 11.1 Å². The largest absolute Gasteiger partial charge is 0.307 e.